The van der Waals surface area contributed by atoms with Gasteiger partial charge in [-0.2, -0.15) is 0 Å². The molecule has 4 fully saturated rings. The first-order valence-corrected chi connectivity index (χ1v) is 8.27. The zero-order valence-electron chi connectivity index (χ0n) is 13.1. The molecule has 112 valence electrons. The van der Waals surface area contributed by atoms with E-state index in [-0.39, 0.29) is 11.3 Å². The summed E-state index contributed by atoms with van der Waals surface area (Å²) in [4.78, 5) is 15.1. The summed E-state index contributed by atoms with van der Waals surface area (Å²) in [5, 5.41) is 11.6. The minimum Gasteiger partial charge on any atom is -0.388 e. The Kier molecular flexibility index (Phi) is 2.43. The predicted molar refractivity (Wildman–Crippen MR) is 77.1 cm³/mol. The van der Waals surface area contributed by atoms with Crippen LogP contribution in [0, 0.1) is 35.0 Å². The van der Waals surface area contributed by atoms with E-state index in [1.807, 2.05) is 0 Å². The molecule has 1 heterocycles. The second-order valence-corrected chi connectivity index (χ2v) is 8.46. The molecule has 3 heteroatoms. The predicted octanol–water partition coefficient (Wildman–Crippen LogP) is 1.94. The van der Waals surface area contributed by atoms with Crippen LogP contribution in [0.25, 0.3) is 0 Å². The van der Waals surface area contributed by atoms with Crippen molar-refractivity contribution in [2.75, 3.05) is 13.6 Å². The molecule has 3 saturated carbocycles. The Morgan fingerprint density at radius 3 is 2.75 bits per heavy atom. The molecule has 20 heavy (non-hydrogen) atoms. The SMILES string of the molecule is CC(C)[C@@H]1[C@H]2CC(=O)[C@@H]1[C@]1(O)CC[C@@H]3CN(C)[C@H]2[C@@]31C. The van der Waals surface area contributed by atoms with Crippen molar-refractivity contribution in [2.45, 2.75) is 51.7 Å². The van der Waals surface area contributed by atoms with Crippen molar-refractivity contribution >= 4 is 5.78 Å². The molecule has 0 aromatic carbocycles. The fourth-order valence-corrected chi connectivity index (χ4v) is 7.02. The lowest BCUT2D eigenvalue weighted by molar-refractivity contribution is -0.177. The molecule has 4 rings (SSSR count). The van der Waals surface area contributed by atoms with Crippen molar-refractivity contribution in [1.29, 1.82) is 0 Å². The maximum atomic E-state index is 12.7. The van der Waals surface area contributed by atoms with Crippen LogP contribution in [0.1, 0.15) is 40.0 Å². The summed E-state index contributed by atoms with van der Waals surface area (Å²) < 4.78 is 0. The maximum Gasteiger partial charge on any atom is 0.139 e. The zero-order valence-corrected chi connectivity index (χ0v) is 13.1. The molecule has 1 aliphatic heterocycles. The Balaban J connectivity index is 1.92. The van der Waals surface area contributed by atoms with Crippen molar-refractivity contribution in [3.63, 3.8) is 0 Å². The van der Waals surface area contributed by atoms with E-state index in [9.17, 15) is 9.90 Å². The number of rotatable bonds is 1. The molecule has 0 radical (unpaired) electrons. The molecule has 7 atom stereocenters. The lowest BCUT2D eigenvalue weighted by Gasteiger charge is -2.56. The van der Waals surface area contributed by atoms with Gasteiger partial charge in [-0.3, -0.25) is 4.79 Å². The van der Waals surface area contributed by atoms with E-state index in [1.165, 1.54) is 0 Å². The first-order chi connectivity index (χ1) is 9.32. The average molecular weight is 277 g/mol. The monoisotopic (exact) mass is 277 g/mol. The summed E-state index contributed by atoms with van der Waals surface area (Å²) >= 11 is 0. The largest absolute Gasteiger partial charge is 0.388 e. The van der Waals surface area contributed by atoms with Crippen LogP contribution in [-0.4, -0.2) is 41.0 Å². The highest BCUT2D eigenvalue weighted by molar-refractivity contribution is 5.86. The van der Waals surface area contributed by atoms with Crippen LogP contribution in [0.5, 0.6) is 0 Å². The summed E-state index contributed by atoms with van der Waals surface area (Å²) in [6, 6.07) is 0.398. The van der Waals surface area contributed by atoms with Gasteiger partial charge in [0.1, 0.15) is 5.78 Å². The van der Waals surface area contributed by atoms with Crippen molar-refractivity contribution in [3.05, 3.63) is 0 Å². The lowest BCUT2D eigenvalue weighted by Crippen LogP contribution is -2.64. The van der Waals surface area contributed by atoms with Crippen molar-refractivity contribution < 1.29 is 9.90 Å². The van der Waals surface area contributed by atoms with Gasteiger partial charge < -0.3 is 10.0 Å². The van der Waals surface area contributed by atoms with Gasteiger partial charge in [0.2, 0.25) is 0 Å². The van der Waals surface area contributed by atoms with Gasteiger partial charge in [0.25, 0.3) is 0 Å². The van der Waals surface area contributed by atoms with Crippen LogP contribution >= 0.6 is 0 Å². The van der Waals surface area contributed by atoms with E-state index in [4.69, 9.17) is 0 Å². The maximum absolute atomic E-state index is 12.7. The van der Waals surface area contributed by atoms with Gasteiger partial charge in [-0.25, -0.2) is 0 Å². The van der Waals surface area contributed by atoms with E-state index < -0.39 is 5.60 Å². The molecule has 0 spiro atoms. The number of carbonyl (C=O) groups excluding carboxylic acids is 1. The molecular formula is C17H27NO2. The van der Waals surface area contributed by atoms with Gasteiger partial charge in [0.05, 0.1) is 11.5 Å². The third kappa shape index (κ3) is 1.16. The Bertz CT molecular complexity index is 476. The number of likely N-dealkylation sites (tertiary alicyclic amines) is 1. The van der Waals surface area contributed by atoms with Crippen LogP contribution in [-0.2, 0) is 4.79 Å². The molecule has 0 aromatic rings. The Morgan fingerprint density at radius 2 is 2.10 bits per heavy atom. The van der Waals surface area contributed by atoms with Gasteiger partial charge in [-0.1, -0.05) is 20.8 Å². The van der Waals surface area contributed by atoms with Crippen molar-refractivity contribution in [3.8, 4) is 0 Å². The molecule has 1 N–H and O–H groups in total. The molecule has 4 aliphatic rings. The number of hydrogen-bond acceptors (Lipinski definition) is 3. The van der Waals surface area contributed by atoms with E-state index in [0.29, 0.717) is 41.9 Å². The summed E-state index contributed by atoms with van der Waals surface area (Å²) in [6.45, 7) is 7.85. The average Bonchev–Trinajstić information content (AvgIpc) is 2.88. The first kappa shape index (κ1) is 13.3. The normalized spacial score (nSPS) is 57.7. The summed E-state index contributed by atoms with van der Waals surface area (Å²) in [6.07, 6.45) is 2.63. The fourth-order valence-electron chi connectivity index (χ4n) is 7.02. The Labute approximate surface area is 121 Å². The van der Waals surface area contributed by atoms with Gasteiger partial charge >= 0.3 is 0 Å². The molecular weight excluding hydrogens is 250 g/mol. The highest BCUT2D eigenvalue weighted by Gasteiger charge is 2.76. The summed E-state index contributed by atoms with van der Waals surface area (Å²) in [5.41, 5.74) is -0.805. The summed E-state index contributed by atoms with van der Waals surface area (Å²) in [5.74, 6) is 2.16. The number of Topliss-reactive ketones (excluding diaryl/α,β-unsaturated/α-hetero) is 1. The molecule has 1 saturated heterocycles. The number of carbonyl (C=O) groups is 1. The lowest BCUT2D eigenvalue weighted by atomic mass is 9.52. The molecule has 0 aromatic heterocycles. The van der Waals surface area contributed by atoms with Gasteiger partial charge in [-0.15, -0.1) is 0 Å². The highest BCUT2D eigenvalue weighted by Crippen LogP contribution is 2.70. The third-order valence-electron chi connectivity index (χ3n) is 7.61. The topological polar surface area (TPSA) is 40.5 Å². The van der Waals surface area contributed by atoms with E-state index in [0.717, 1.165) is 19.4 Å². The number of aliphatic hydroxyl groups is 1. The van der Waals surface area contributed by atoms with Crippen LogP contribution < -0.4 is 0 Å². The van der Waals surface area contributed by atoms with Crippen molar-refractivity contribution in [1.82, 2.24) is 4.90 Å². The van der Waals surface area contributed by atoms with E-state index >= 15 is 0 Å². The second kappa shape index (κ2) is 3.67. The van der Waals surface area contributed by atoms with Crippen molar-refractivity contribution in [2.24, 2.45) is 35.0 Å². The molecule has 0 unspecified atom stereocenters. The number of ketones is 1. The quantitative estimate of drug-likeness (QED) is 0.796. The number of hydrogen-bond donors (Lipinski definition) is 1. The molecule has 3 aliphatic carbocycles. The van der Waals surface area contributed by atoms with Gasteiger partial charge in [-0.05, 0) is 43.6 Å². The fraction of sp³-hybridized carbons (Fsp3) is 0.941. The number of fused-ring (bicyclic) bond motifs is 4. The standard InChI is InChI=1S/C17H27NO2/c1-9(2)13-11-7-12(19)14(13)17(20)6-5-10-8-18(4)15(11)16(10,17)3/h9-11,13-15,20H,5-8H2,1-4H3/t10-,11-,13-,14+,15-,16-,17-/m1/s1. The Morgan fingerprint density at radius 1 is 1.40 bits per heavy atom. The zero-order chi connectivity index (χ0) is 14.4. The highest BCUT2D eigenvalue weighted by atomic mass is 16.3. The minimum absolute atomic E-state index is 0.0609. The molecule has 2 bridgehead atoms. The third-order valence-corrected chi connectivity index (χ3v) is 7.61. The number of nitrogens with zero attached hydrogens (tertiary/aromatic N) is 1. The van der Waals surface area contributed by atoms with Gasteiger partial charge in [0.15, 0.2) is 0 Å². The molecule has 0 amide bonds. The smallest absolute Gasteiger partial charge is 0.139 e. The van der Waals surface area contributed by atoms with Gasteiger partial charge in [0, 0.05) is 24.4 Å². The summed E-state index contributed by atoms with van der Waals surface area (Å²) in [7, 11) is 2.20. The van der Waals surface area contributed by atoms with Crippen LogP contribution in [0.3, 0.4) is 0 Å². The Hall–Kier alpha value is -0.410. The minimum atomic E-state index is -0.744. The van der Waals surface area contributed by atoms with E-state index in [1.54, 1.807) is 0 Å². The van der Waals surface area contributed by atoms with Crippen LogP contribution in [0.4, 0.5) is 0 Å². The molecule has 3 nitrogen and oxygen atoms in total. The first-order valence-electron chi connectivity index (χ1n) is 8.27. The van der Waals surface area contributed by atoms with Crippen LogP contribution in [0.2, 0.25) is 0 Å². The second-order valence-electron chi connectivity index (χ2n) is 8.46. The van der Waals surface area contributed by atoms with Crippen LogP contribution in [0.15, 0.2) is 0 Å². The van der Waals surface area contributed by atoms with E-state index in [2.05, 4.69) is 32.7 Å².